The van der Waals surface area contributed by atoms with E-state index in [-0.39, 0.29) is 23.7 Å². The second-order valence-electron chi connectivity index (χ2n) is 6.28. The number of anilines is 1. The number of sulfone groups is 1. The van der Waals surface area contributed by atoms with Crippen LogP contribution in [0, 0.1) is 0 Å². The van der Waals surface area contributed by atoms with Gasteiger partial charge in [-0.3, -0.25) is 0 Å². The molecule has 0 amide bonds. The summed E-state index contributed by atoms with van der Waals surface area (Å²) in [5, 5.41) is 4.39. The Balaban J connectivity index is 1.72. The fourth-order valence-electron chi connectivity index (χ4n) is 3.16. The summed E-state index contributed by atoms with van der Waals surface area (Å²) in [6, 6.07) is 7.19. The van der Waals surface area contributed by atoms with Crippen LogP contribution >= 0.6 is 23.8 Å². The van der Waals surface area contributed by atoms with Crippen molar-refractivity contribution >= 4 is 44.5 Å². The van der Waals surface area contributed by atoms with Gasteiger partial charge in [0, 0.05) is 29.9 Å². The summed E-state index contributed by atoms with van der Waals surface area (Å²) in [5.41, 5.74) is 0.836. The largest absolute Gasteiger partial charge is 0.376 e. The molecule has 0 radical (unpaired) electrons. The lowest BCUT2D eigenvalue weighted by Crippen LogP contribution is -2.47. The van der Waals surface area contributed by atoms with Crippen LogP contribution < -0.4 is 5.32 Å². The van der Waals surface area contributed by atoms with Gasteiger partial charge in [0.15, 0.2) is 14.9 Å². The van der Waals surface area contributed by atoms with E-state index in [1.165, 1.54) is 0 Å². The second-order valence-corrected chi connectivity index (χ2v) is 9.33. The quantitative estimate of drug-likeness (QED) is 0.800. The predicted molar refractivity (Wildman–Crippen MR) is 100 cm³/mol. The fourth-order valence-corrected chi connectivity index (χ4v) is 5.35. The van der Waals surface area contributed by atoms with Crippen LogP contribution in [0.15, 0.2) is 24.3 Å². The first-order valence-corrected chi connectivity index (χ1v) is 10.7. The van der Waals surface area contributed by atoms with Gasteiger partial charge < -0.3 is 15.0 Å². The van der Waals surface area contributed by atoms with Crippen LogP contribution in [0.4, 0.5) is 5.69 Å². The standard InChI is InChI=1S/C16H21ClN2O3S2/c17-12-3-5-13(6-4-12)18-16(23)19(10-15-2-1-8-22-15)14-7-9-24(20,21)11-14/h3-6,14-15H,1-2,7-11H2,(H,18,23)/t14-,15-/m0/s1. The Morgan fingerprint density at radius 2 is 2.08 bits per heavy atom. The van der Waals surface area contributed by atoms with Crippen LogP contribution in [0.5, 0.6) is 0 Å². The van der Waals surface area contributed by atoms with E-state index in [9.17, 15) is 8.42 Å². The lowest BCUT2D eigenvalue weighted by molar-refractivity contribution is 0.0851. The van der Waals surface area contributed by atoms with E-state index >= 15 is 0 Å². The predicted octanol–water partition coefficient (Wildman–Crippen LogP) is 2.70. The Hall–Kier alpha value is -0.890. The Bertz CT molecular complexity index is 688. The van der Waals surface area contributed by atoms with Gasteiger partial charge in [-0.05, 0) is 55.7 Å². The maximum Gasteiger partial charge on any atom is 0.173 e. The summed E-state index contributed by atoms with van der Waals surface area (Å²) in [7, 11) is -2.97. The number of thiocarbonyl (C=S) groups is 1. The first-order valence-electron chi connectivity index (χ1n) is 8.08. The van der Waals surface area contributed by atoms with Crippen LogP contribution in [0.25, 0.3) is 0 Å². The molecular weight excluding hydrogens is 368 g/mol. The molecule has 24 heavy (non-hydrogen) atoms. The third-order valence-electron chi connectivity index (χ3n) is 4.43. The number of nitrogens with one attached hydrogen (secondary N) is 1. The summed E-state index contributed by atoms with van der Waals surface area (Å²) in [6.45, 7) is 1.39. The monoisotopic (exact) mass is 388 g/mol. The van der Waals surface area contributed by atoms with Gasteiger partial charge in [0.2, 0.25) is 0 Å². The van der Waals surface area contributed by atoms with Gasteiger partial charge in [-0.15, -0.1) is 0 Å². The highest BCUT2D eigenvalue weighted by atomic mass is 35.5. The lowest BCUT2D eigenvalue weighted by Gasteiger charge is -2.33. The fraction of sp³-hybridized carbons (Fsp3) is 0.562. The van der Waals surface area contributed by atoms with Crippen LogP contribution in [0.1, 0.15) is 19.3 Å². The van der Waals surface area contributed by atoms with E-state index in [2.05, 4.69) is 5.32 Å². The third-order valence-corrected chi connectivity index (χ3v) is 6.77. The van der Waals surface area contributed by atoms with Crippen LogP contribution in [-0.4, -0.2) is 55.2 Å². The minimum atomic E-state index is -2.97. The number of rotatable bonds is 4. The van der Waals surface area contributed by atoms with Gasteiger partial charge >= 0.3 is 0 Å². The van der Waals surface area contributed by atoms with Crippen molar-refractivity contribution in [3.8, 4) is 0 Å². The summed E-state index contributed by atoms with van der Waals surface area (Å²) in [6.07, 6.45) is 2.74. The molecule has 2 aliphatic heterocycles. The van der Waals surface area contributed by atoms with E-state index in [4.69, 9.17) is 28.6 Å². The SMILES string of the molecule is O=S1(=O)CC[C@H](N(C[C@@H]2CCCO2)C(=S)Nc2ccc(Cl)cc2)C1. The number of halogens is 1. The highest BCUT2D eigenvalue weighted by Gasteiger charge is 2.35. The second kappa shape index (κ2) is 7.56. The summed E-state index contributed by atoms with van der Waals surface area (Å²) in [5.74, 6) is 0.380. The van der Waals surface area contributed by atoms with Crippen LogP contribution in [0.3, 0.4) is 0 Å². The first kappa shape index (κ1) is 17.9. The van der Waals surface area contributed by atoms with Crippen molar-refractivity contribution in [3.05, 3.63) is 29.3 Å². The lowest BCUT2D eigenvalue weighted by atomic mass is 10.2. The molecule has 2 fully saturated rings. The molecule has 2 aliphatic rings. The normalized spacial score (nSPS) is 25.5. The number of nitrogens with zero attached hydrogens (tertiary/aromatic N) is 1. The molecule has 0 aromatic heterocycles. The molecule has 8 heteroatoms. The molecule has 0 unspecified atom stereocenters. The van der Waals surface area contributed by atoms with Crippen molar-refractivity contribution in [2.24, 2.45) is 0 Å². The summed E-state index contributed by atoms with van der Waals surface area (Å²) in [4.78, 5) is 1.99. The molecule has 1 N–H and O–H groups in total. The molecule has 2 heterocycles. The Morgan fingerprint density at radius 3 is 2.67 bits per heavy atom. The molecule has 5 nitrogen and oxygen atoms in total. The third kappa shape index (κ3) is 4.59. The molecule has 1 aromatic rings. The Kier molecular flexibility index (Phi) is 5.64. The first-order chi connectivity index (χ1) is 11.4. The Labute approximate surface area is 153 Å². The zero-order valence-electron chi connectivity index (χ0n) is 13.3. The molecule has 0 aliphatic carbocycles. The summed E-state index contributed by atoms with van der Waals surface area (Å²) >= 11 is 11.5. The van der Waals surface area contributed by atoms with Gasteiger partial charge in [-0.1, -0.05) is 11.6 Å². The Morgan fingerprint density at radius 1 is 1.33 bits per heavy atom. The minimum absolute atomic E-state index is 0.0912. The smallest absolute Gasteiger partial charge is 0.173 e. The van der Waals surface area contributed by atoms with Crippen molar-refractivity contribution in [1.82, 2.24) is 4.90 Å². The van der Waals surface area contributed by atoms with E-state index in [1.807, 2.05) is 17.0 Å². The molecule has 0 bridgehead atoms. The number of benzene rings is 1. The number of hydrogen-bond donors (Lipinski definition) is 1. The average Bonchev–Trinajstić information content (AvgIpc) is 3.16. The minimum Gasteiger partial charge on any atom is -0.376 e. The molecule has 2 atom stereocenters. The number of ether oxygens (including phenoxy) is 1. The van der Waals surface area contributed by atoms with Crippen molar-refractivity contribution in [2.75, 3.05) is 30.0 Å². The molecule has 2 saturated heterocycles. The van der Waals surface area contributed by atoms with Crippen molar-refractivity contribution in [1.29, 1.82) is 0 Å². The molecule has 3 rings (SSSR count). The van der Waals surface area contributed by atoms with Crippen molar-refractivity contribution in [3.63, 3.8) is 0 Å². The maximum absolute atomic E-state index is 11.9. The van der Waals surface area contributed by atoms with Crippen molar-refractivity contribution in [2.45, 2.75) is 31.4 Å². The van der Waals surface area contributed by atoms with Gasteiger partial charge in [-0.2, -0.15) is 0 Å². The summed E-state index contributed by atoms with van der Waals surface area (Å²) < 4.78 is 29.4. The highest BCUT2D eigenvalue weighted by Crippen LogP contribution is 2.23. The average molecular weight is 389 g/mol. The van der Waals surface area contributed by atoms with E-state index in [0.29, 0.717) is 23.1 Å². The van der Waals surface area contributed by atoms with Gasteiger partial charge in [0.1, 0.15) is 0 Å². The number of hydrogen-bond acceptors (Lipinski definition) is 4. The maximum atomic E-state index is 11.9. The van der Waals surface area contributed by atoms with Gasteiger partial charge in [-0.25, -0.2) is 8.42 Å². The van der Waals surface area contributed by atoms with Gasteiger partial charge in [0.05, 0.1) is 17.6 Å². The molecular formula is C16H21ClN2O3S2. The topological polar surface area (TPSA) is 58.6 Å². The molecule has 1 aromatic carbocycles. The van der Waals surface area contributed by atoms with E-state index in [0.717, 1.165) is 25.1 Å². The molecule has 132 valence electrons. The van der Waals surface area contributed by atoms with Crippen molar-refractivity contribution < 1.29 is 13.2 Å². The van der Waals surface area contributed by atoms with Gasteiger partial charge in [0.25, 0.3) is 0 Å². The molecule has 0 spiro atoms. The zero-order chi connectivity index (χ0) is 17.2. The zero-order valence-corrected chi connectivity index (χ0v) is 15.7. The molecule has 0 saturated carbocycles. The highest BCUT2D eigenvalue weighted by molar-refractivity contribution is 7.91. The van der Waals surface area contributed by atoms with E-state index in [1.54, 1.807) is 12.1 Å². The van der Waals surface area contributed by atoms with Crippen LogP contribution in [-0.2, 0) is 14.6 Å². The van der Waals surface area contributed by atoms with Crippen LogP contribution in [0.2, 0.25) is 5.02 Å². The van der Waals surface area contributed by atoms with E-state index < -0.39 is 9.84 Å².